The van der Waals surface area contributed by atoms with Gasteiger partial charge in [0.1, 0.15) is 0 Å². The average Bonchev–Trinajstić information content (AvgIpc) is 3.00. The summed E-state index contributed by atoms with van der Waals surface area (Å²) < 4.78 is 0. The van der Waals surface area contributed by atoms with Crippen molar-refractivity contribution in [1.29, 1.82) is 0 Å². The van der Waals surface area contributed by atoms with Gasteiger partial charge in [-0.05, 0) is 37.8 Å². The first-order valence-electron chi connectivity index (χ1n) is 6.45. The molecule has 0 aromatic heterocycles. The molecule has 2 atom stereocenters. The summed E-state index contributed by atoms with van der Waals surface area (Å²) in [7, 11) is 0. The zero-order valence-corrected chi connectivity index (χ0v) is 10.2. The molecule has 92 valence electrons. The van der Waals surface area contributed by atoms with Gasteiger partial charge >= 0.3 is 0 Å². The molecule has 4 heteroatoms. The zero-order valence-electron chi connectivity index (χ0n) is 10.2. The molecule has 0 bridgehead atoms. The van der Waals surface area contributed by atoms with Crippen LogP contribution < -0.4 is 10.6 Å². The van der Waals surface area contributed by atoms with Crippen molar-refractivity contribution in [2.45, 2.75) is 19.8 Å². The fourth-order valence-electron chi connectivity index (χ4n) is 2.25. The number of hydrogen-bond acceptors (Lipinski definition) is 3. The standard InChI is InChI=1S/C12H23N3O/c1-10-7-11(10)8-14-12(16)9-15-5-2-3-13-4-6-15/h10-11,13H,2-9H2,1H3,(H,14,16). The van der Waals surface area contributed by atoms with E-state index in [9.17, 15) is 4.79 Å². The molecule has 1 saturated heterocycles. The summed E-state index contributed by atoms with van der Waals surface area (Å²) in [5, 5.41) is 6.38. The predicted octanol–water partition coefficient (Wildman–Crippen LogP) is 0.0539. The molecule has 2 rings (SSSR count). The zero-order chi connectivity index (χ0) is 11.4. The quantitative estimate of drug-likeness (QED) is 0.711. The van der Waals surface area contributed by atoms with Crippen molar-refractivity contribution in [3.05, 3.63) is 0 Å². The second-order valence-corrected chi connectivity index (χ2v) is 5.16. The minimum atomic E-state index is 0.195. The third kappa shape index (κ3) is 3.76. The van der Waals surface area contributed by atoms with Crippen LogP contribution in [-0.2, 0) is 4.79 Å². The van der Waals surface area contributed by atoms with Crippen LogP contribution in [0.4, 0.5) is 0 Å². The summed E-state index contributed by atoms with van der Waals surface area (Å²) in [5.41, 5.74) is 0. The van der Waals surface area contributed by atoms with Gasteiger partial charge in [-0.15, -0.1) is 0 Å². The largest absolute Gasteiger partial charge is 0.355 e. The first-order valence-corrected chi connectivity index (χ1v) is 6.45. The van der Waals surface area contributed by atoms with Gasteiger partial charge in [0.15, 0.2) is 0 Å². The molecule has 1 aliphatic heterocycles. The summed E-state index contributed by atoms with van der Waals surface area (Å²) in [6.45, 7) is 7.82. The van der Waals surface area contributed by atoms with Crippen molar-refractivity contribution >= 4 is 5.91 Å². The molecule has 0 radical (unpaired) electrons. The number of amides is 1. The molecule has 1 heterocycles. The Balaban J connectivity index is 1.61. The van der Waals surface area contributed by atoms with Crippen LogP contribution in [0.25, 0.3) is 0 Å². The Bertz CT molecular complexity index is 236. The maximum absolute atomic E-state index is 11.7. The lowest BCUT2D eigenvalue weighted by Gasteiger charge is -2.18. The highest BCUT2D eigenvalue weighted by Gasteiger charge is 2.32. The van der Waals surface area contributed by atoms with Crippen molar-refractivity contribution in [1.82, 2.24) is 15.5 Å². The fourth-order valence-corrected chi connectivity index (χ4v) is 2.25. The lowest BCUT2D eigenvalue weighted by molar-refractivity contribution is -0.122. The van der Waals surface area contributed by atoms with E-state index in [-0.39, 0.29) is 5.91 Å². The van der Waals surface area contributed by atoms with Gasteiger partial charge in [0.25, 0.3) is 0 Å². The molecular formula is C12H23N3O. The van der Waals surface area contributed by atoms with E-state index >= 15 is 0 Å². The van der Waals surface area contributed by atoms with Gasteiger partial charge in [-0.3, -0.25) is 9.69 Å². The highest BCUT2D eigenvalue weighted by atomic mass is 16.2. The van der Waals surface area contributed by atoms with Crippen molar-refractivity contribution in [3.8, 4) is 0 Å². The lowest BCUT2D eigenvalue weighted by atomic mass is 10.3. The Morgan fingerprint density at radius 3 is 3.00 bits per heavy atom. The first kappa shape index (κ1) is 11.9. The highest BCUT2D eigenvalue weighted by molar-refractivity contribution is 5.78. The molecular weight excluding hydrogens is 202 g/mol. The molecule has 2 unspecified atom stereocenters. The second-order valence-electron chi connectivity index (χ2n) is 5.16. The third-order valence-corrected chi connectivity index (χ3v) is 3.64. The molecule has 1 saturated carbocycles. The number of hydrogen-bond donors (Lipinski definition) is 2. The van der Waals surface area contributed by atoms with E-state index in [4.69, 9.17) is 0 Å². The van der Waals surface area contributed by atoms with Crippen molar-refractivity contribution in [2.75, 3.05) is 39.3 Å². The van der Waals surface area contributed by atoms with E-state index in [1.54, 1.807) is 0 Å². The van der Waals surface area contributed by atoms with Crippen molar-refractivity contribution in [3.63, 3.8) is 0 Å². The Hall–Kier alpha value is -0.610. The predicted molar refractivity (Wildman–Crippen MR) is 64.2 cm³/mol. The number of carbonyl (C=O) groups is 1. The van der Waals surface area contributed by atoms with Crippen LogP contribution in [0.2, 0.25) is 0 Å². The number of carbonyl (C=O) groups excluding carboxylic acids is 1. The third-order valence-electron chi connectivity index (χ3n) is 3.64. The van der Waals surface area contributed by atoms with Gasteiger partial charge in [0.05, 0.1) is 6.54 Å². The SMILES string of the molecule is CC1CC1CNC(=O)CN1CCCNCC1. The number of nitrogens with zero attached hydrogens (tertiary/aromatic N) is 1. The summed E-state index contributed by atoms with van der Waals surface area (Å²) >= 11 is 0. The molecule has 1 amide bonds. The van der Waals surface area contributed by atoms with E-state index in [1.807, 2.05) is 0 Å². The molecule has 0 spiro atoms. The summed E-state index contributed by atoms with van der Waals surface area (Å²) in [6.07, 6.45) is 2.43. The molecule has 0 aromatic carbocycles. The number of rotatable bonds is 4. The van der Waals surface area contributed by atoms with E-state index in [1.165, 1.54) is 6.42 Å². The monoisotopic (exact) mass is 225 g/mol. The Kier molecular flexibility index (Phi) is 4.18. The number of nitrogens with one attached hydrogen (secondary N) is 2. The Morgan fingerprint density at radius 1 is 1.44 bits per heavy atom. The Morgan fingerprint density at radius 2 is 2.25 bits per heavy atom. The Labute approximate surface area is 97.8 Å². The van der Waals surface area contributed by atoms with Crippen molar-refractivity contribution < 1.29 is 4.79 Å². The van der Waals surface area contributed by atoms with E-state index in [0.29, 0.717) is 6.54 Å². The van der Waals surface area contributed by atoms with Crippen LogP contribution in [0.5, 0.6) is 0 Å². The normalized spacial score (nSPS) is 30.8. The second kappa shape index (κ2) is 5.64. The molecule has 16 heavy (non-hydrogen) atoms. The van der Waals surface area contributed by atoms with Gasteiger partial charge < -0.3 is 10.6 Å². The van der Waals surface area contributed by atoms with E-state index < -0.39 is 0 Å². The first-order chi connectivity index (χ1) is 7.75. The average molecular weight is 225 g/mol. The molecule has 1 aliphatic carbocycles. The van der Waals surface area contributed by atoms with Crippen molar-refractivity contribution in [2.24, 2.45) is 11.8 Å². The molecule has 2 N–H and O–H groups in total. The van der Waals surface area contributed by atoms with Crippen LogP contribution in [0.1, 0.15) is 19.8 Å². The lowest BCUT2D eigenvalue weighted by Crippen LogP contribution is -2.39. The van der Waals surface area contributed by atoms with Crippen LogP contribution in [-0.4, -0.2) is 50.1 Å². The van der Waals surface area contributed by atoms with Gasteiger partial charge in [0.2, 0.25) is 5.91 Å². The minimum absolute atomic E-state index is 0.195. The summed E-state index contributed by atoms with van der Waals surface area (Å²) in [5.74, 6) is 1.76. The molecule has 2 fully saturated rings. The maximum Gasteiger partial charge on any atom is 0.234 e. The van der Waals surface area contributed by atoms with E-state index in [2.05, 4.69) is 22.5 Å². The molecule has 4 nitrogen and oxygen atoms in total. The van der Waals surface area contributed by atoms with Gasteiger partial charge in [-0.1, -0.05) is 6.92 Å². The smallest absolute Gasteiger partial charge is 0.234 e. The van der Waals surface area contributed by atoms with Crippen LogP contribution in [0.3, 0.4) is 0 Å². The van der Waals surface area contributed by atoms with Crippen LogP contribution in [0.15, 0.2) is 0 Å². The topological polar surface area (TPSA) is 44.4 Å². The maximum atomic E-state index is 11.7. The van der Waals surface area contributed by atoms with Crippen LogP contribution in [0, 0.1) is 11.8 Å². The minimum Gasteiger partial charge on any atom is -0.355 e. The van der Waals surface area contributed by atoms with E-state index in [0.717, 1.165) is 51.0 Å². The fraction of sp³-hybridized carbons (Fsp3) is 0.917. The highest BCUT2D eigenvalue weighted by Crippen LogP contribution is 2.36. The summed E-state index contributed by atoms with van der Waals surface area (Å²) in [4.78, 5) is 13.9. The molecule has 2 aliphatic rings. The van der Waals surface area contributed by atoms with Gasteiger partial charge in [-0.25, -0.2) is 0 Å². The van der Waals surface area contributed by atoms with Gasteiger partial charge in [0, 0.05) is 19.6 Å². The molecule has 0 aromatic rings. The summed E-state index contributed by atoms with van der Waals surface area (Å²) in [6, 6.07) is 0. The van der Waals surface area contributed by atoms with Crippen LogP contribution >= 0.6 is 0 Å². The van der Waals surface area contributed by atoms with Gasteiger partial charge in [-0.2, -0.15) is 0 Å².